The van der Waals surface area contributed by atoms with Crippen molar-refractivity contribution in [2.45, 2.75) is 33.2 Å². The van der Waals surface area contributed by atoms with Crippen LogP contribution in [0.15, 0.2) is 24.8 Å². The zero-order chi connectivity index (χ0) is 14.6. The Balaban J connectivity index is 3.20. The average Bonchev–Trinajstić information content (AvgIpc) is 2.29. The van der Waals surface area contributed by atoms with E-state index in [0.29, 0.717) is 17.1 Å². The van der Waals surface area contributed by atoms with Gasteiger partial charge >= 0.3 is 0 Å². The zero-order valence-electron chi connectivity index (χ0n) is 11.9. The van der Waals surface area contributed by atoms with E-state index in [2.05, 4.69) is 17.2 Å². The summed E-state index contributed by atoms with van der Waals surface area (Å²) in [6.45, 7) is 12.0. The van der Waals surface area contributed by atoms with Crippen LogP contribution in [0.1, 0.15) is 36.7 Å². The summed E-state index contributed by atoms with van der Waals surface area (Å²) in [6, 6.07) is 3.79. The van der Waals surface area contributed by atoms with Gasteiger partial charge in [-0.05, 0) is 39.3 Å². The standard InChI is InChI=1S/C15H21ClN2O/c1-6-9-17-14(19)12-11(18-15(3,4)5)8-7-10(2)13(12)16/h6-8,18H,1,9H2,2-5H3,(H,17,19). The molecular weight excluding hydrogens is 260 g/mol. The van der Waals surface area contributed by atoms with Crippen LogP contribution in [-0.2, 0) is 0 Å². The molecule has 104 valence electrons. The van der Waals surface area contributed by atoms with Gasteiger partial charge in [0.1, 0.15) is 0 Å². The fourth-order valence-electron chi connectivity index (χ4n) is 1.66. The minimum absolute atomic E-state index is 0.147. The van der Waals surface area contributed by atoms with Crippen molar-refractivity contribution < 1.29 is 4.79 Å². The summed E-state index contributed by atoms with van der Waals surface area (Å²) in [5.74, 6) is -0.194. The van der Waals surface area contributed by atoms with E-state index < -0.39 is 0 Å². The number of carbonyl (C=O) groups is 1. The highest BCUT2D eigenvalue weighted by Gasteiger charge is 2.20. The predicted octanol–water partition coefficient (Wildman–Crippen LogP) is 3.77. The minimum Gasteiger partial charge on any atom is -0.380 e. The molecule has 0 aliphatic carbocycles. The topological polar surface area (TPSA) is 41.1 Å². The molecule has 1 aromatic rings. The molecule has 0 heterocycles. The number of aryl methyl sites for hydroxylation is 1. The van der Waals surface area contributed by atoms with Crippen molar-refractivity contribution in [3.63, 3.8) is 0 Å². The summed E-state index contributed by atoms with van der Waals surface area (Å²) in [5, 5.41) is 6.55. The van der Waals surface area contributed by atoms with E-state index in [-0.39, 0.29) is 11.4 Å². The second-order valence-corrected chi connectivity index (χ2v) is 5.87. The molecule has 2 N–H and O–H groups in total. The van der Waals surface area contributed by atoms with Crippen LogP contribution in [0.25, 0.3) is 0 Å². The minimum atomic E-state index is -0.194. The third-order valence-electron chi connectivity index (χ3n) is 2.48. The van der Waals surface area contributed by atoms with Crippen LogP contribution in [0.5, 0.6) is 0 Å². The van der Waals surface area contributed by atoms with Gasteiger partial charge in [0.2, 0.25) is 0 Å². The fourth-order valence-corrected chi connectivity index (χ4v) is 1.91. The number of hydrogen-bond donors (Lipinski definition) is 2. The number of carbonyl (C=O) groups excluding carboxylic acids is 1. The Morgan fingerprint density at radius 2 is 2.05 bits per heavy atom. The smallest absolute Gasteiger partial charge is 0.255 e. The first-order valence-electron chi connectivity index (χ1n) is 6.22. The highest BCUT2D eigenvalue weighted by atomic mass is 35.5. The fraction of sp³-hybridized carbons (Fsp3) is 0.400. The van der Waals surface area contributed by atoms with Gasteiger partial charge in [0.15, 0.2) is 0 Å². The molecule has 0 aliphatic rings. The Kier molecular flexibility index (Phi) is 5.01. The molecule has 0 unspecified atom stereocenters. The molecule has 4 heteroatoms. The molecule has 0 aliphatic heterocycles. The van der Waals surface area contributed by atoms with Crippen LogP contribution in [0.2, 0.25) is 5.02 Å². The van der Waals surface area contributed by atoms with Gasteiger partial charge < -0.3 is 10.6 Å². The van der Waals surface area contributed by atoms with Gasteiger partial charge in [-0.2, -0.15) is 0 Å². The summed E-state index contributed by atoms with van der Waals surface area (Å²) in [5.41, 5.74) is 1.96. The van der Waals surface area contributed by atoms with Crippen molar-refractivity contribution in [1.82, 2.24) is 5.32 Å². The molecule has 0 atom stereocenters. The van der Waals surface area contributed by atoms with E-state index >= 15 is 0 Å². The molecule has 1 rings (SSSR count). The third kappa shape index (κ3) is 4.28. The SMILES string of the molecule is C=CCNC(=O)c1c(NC(C)(C)C)ccc(C)c1Cl. The van der Waals surface area contributed by atoms with Crippen molar-refractivity contribution in [2.24, 2.45) is 0 Å². The molecule has 1 amide bonds. The Morgan fingerprint density at radius 3 is 2.58 bits per heavy atom. The lowest BCUT2D eigenvalue weighted by Gasteiger charge is -2.24. The van der Waals surface area contributed by atoms with E-state index in [9.17, 15) is 4.79 Å². The molecule has 0 saturated heterocycles. The van der Waals surface area contributed by atoms with Gasteiger partial charge in [-0.25, -0.2) is 0 Å². The van der Waals surface area contributed by atoms with Gasteiger partial charge in [-0.15, -0.1) is 6.58 Å². The summed E-state index contributed by atoms with van der Waals surface area (Å²) in [7, 11) is 0. The first-order chi connectivity index (χ1) is 8.76. The molecule has 0 radical (unpaired) electrons. The lowest BCUT2D eigenvalue weighted by molar-refractivity contribution is 0.0959. The van der Waals surface area contributed by atoms with Gasteiger partial charge in [0.05, 0.1) is 10.6 Å². The molecule has 0 saturated carbocycles. The number of halogens is 1. The maximum atomic E-state index is 12.2. The lowest BCUT2D eigenvalue weighted by Crippen LogP contribution is -2.30. The number of anilines is 1. The molecule has 0 bridgehead atoms. The normalized spacial score (nSPS) is 11.0. The first-order valence-corrected chi connectivity index (χ1v) is 6.60. The van der Waals surface area contributed by atoms with E-state index in [1.807, 2.05) is 39.8 Å². The van der Waals surface area contributed by atoms with Gasteiger partial charge in [-0.3, -0.25) is 4.79 Å². The average molecular weight is 281 g/mol. The van der Waals surface area contributed by atoms with Crippen LogP contribution in [0, 0.1) is 6.92 Å². The van der Waals surface area contributed by atoms with Gasteiger partial charge in [-0.1, -0.05) is 23.7 Å². The summed E-state index contributed by atoms with van der Waals surface area (Å²) in [6.07, 6.45) is 1.64. The van der Waals surface area contributed by atoms with Crippen molar-refractivity contribution in [3.8, 4) is 0 Å². The van der Waals surface area contributed by atoms with E-state index in [4.69, 9.17) is 11.6 Å². The first kappa shape index (κ1) is 15.6. The van der Waals surface area contributed by atoms with Crippen molar-refractivity contribution in [1.29, 1.82) is 0 Å². The third-order valence-corrected chi connectivity index (χ3v) is 2.97. The molecule has 1 aromatic carbocycles. The Morgan fingerprint density at radius 1 is 1.42 bits per heavy atom. The van der Waals surface area contributed by atoms with Crippen LogP contribution in [0.4, 0.5) is 5.69 Å². The summed E-state index contributed by atoms with van der Waals surface area (Å²) >= 11 is 6.27. The molecule has 0 fully saturated rings. The lowest BCUT2D eigenvalue weighted by atomic mass is 10.0. The van der Waals surface area contributed by atoms with Crippen molar-refractivity contribution in [3.05, 3.63) is 40.9 Å². The summed E-state index contributed by atoms with van der Waals surface area (Å²) in [4.78, 5) is 12.2. The predicted molar refractivity (Wildman–Crippen MR) is 82.1 cm³/mol. The second kappa shape index (κ2) is 6.11. The Labute approximate surface area is 120 Å². The van der Waals surface area contributed by atoms with E-state index in [0.717, 1.165) is 11.3 Å². The Hall–Kier alpha value is -1.48. The highest BCUT2D eigenvalue weighted by Crippen LogP contribution is 2.29. The second-order valence-electron chi connectivity index (χ2n) is 5.49. The summed E-state index contributed by atoms with van der Waals surface area (Å²) < 4.78 is 0. The van der Waals surface area contributed by atoms with Gasteiger partial charge in [0, 0.05) is 17.8 Å². The zero-order valence-corrected chi connectivity index (χ0v) is 12.7. The molecule has 0 aromatic heterocycles. The molecule has 3 nitrogen and oxygen atoms in total. The van der Waals surface area contributed by atoms with Crippen LogP contribution in [-0.4, -0.2) is 18.0 Å². The quantitative estimate of drug-likeness (QED) is 0.824. The van der Waals surface area contributed by atoms with E-state index in [1.54, 1.807) is 6.08 Å². The van der Waals surface area contributed by atoms with Crippen LogP contribution < -0.4 is 10.6 Å². The number of hydrogen-bond acceptors (Lipinski definition) is 2. The number of nitrogens with one attached hydrogen (secondary N) is 2. The van der Waals surface area contributed by atoms with E-state index in [1.165, 1.54) is 0 Å². The number of rotatable bonds is 4. The maximum absolute atomic E-state index is 12.2. The highest BCUT2D eigenvalue weighted by molar-refractivity contribution is 6.35. The number of amides is 1. The van der Waals surface area contributed by atoms with Gasteiger partial charge in [0.25, 0.3) is 5.91 Å². The Bertz CT molecular complexity index is 490. The van der Waals surface area contributed by atoms with Crippen LogP contribution in [0.3, 0.4) is 0 Å². The molecular formula is C15H21ClN2O. The van der Waals surface area contributed by atoms with Crippen molar-refractivity contribution in [2.75, 3.05) is 11.9 Å². The van der Waals surface area contributed by atoms with Crippen molar-refractivity contribution >= 4 is 23.2 Å². The monoisotopic (exact) mass is 280 g/mol. The largest absolute Gasteiger partial charge is 0.380 e. The number of benzene rings is 1. The maximum Gasteiger partial charge on any atom is 0.255 e. The molecule has 19 heavy (non-hydrogen) atoms. The van der Waals surface area contributed by atoms with Crippen LogP contribution >= 0.6 is 11.6 Å². The molecule has 0 spiro atoms.